The van der Waals surface area contributed by atoms with E-state index in [1.165, 1.54) is 51.4 Å². The second-order valence-corrected chi connectivity index (χ2v) is 9.96. The van der Waals surface area contributed by atoms with Crippen molar-refractivity contribution >= 4 is 34.0 Å². The molecule has 0 aromatic heterocycles. The molecule has 2 unspecified atom stereocenters. The summed E-state index contributed by atoms with van der Waals surface area (Å²) in [5, 5.41) is 8.42. The first-order valence-corrected chi connectivity index (χ1v) is 11.9. The molecule has 0 aliphatic heterocycles. The van der Waals surface area contributed by atoms with E-state index in [0.29, 0.717) is 23.7 Å². The van der Waals surface area contributed by atoms with Crippen LogP contribution in [0.4, 0.5) is 11.4 Å². The van der Waals surface area contributed by atoms with E-state index >= 15 is 0 Å². The Hall–Kier alpha value is -2.36. The third kappa shape index (κ3) is 3.03. The van der Waals surface area contributed by atoms with Gasteiger partial charge in [0, 0.05) is 34.0 Å². The maximum Gasteiger partial charge on any atom is 0.228 e. The van der Waals surface area contributed by atoms with Crippen LogP contribution in [0.5, 0.6) is 0 Å². The van der Waals surface area contributed by atoms with Crippen LogP contribution in [0.15, 0.2) is 36.4 Å². The van der Waals surface area contributed by atoms with Crippen LogP contribution < -0.4 is 10.6 Å². The SMILES string of the molecule is O=C(Nc1cccc2c(NC(=O)C3[C@H]4CCCC[C@@H]34)cccc12)C1[C@H]2CCCC[C@@H]12. The number of hydrogen-bond donors (Lipinski definition) is 2. The Kier molecular flexibility index (Phi) is 4.36. The highest BCUT2D eigenvalue weighted by molar-refractivity contribution is 6.10. The molecule has 4 heteroatoms. The third-order valence-corrected chi connectivity index (χ3v) is 8.36. The van der Waals surface area contributed by atoms with Crippen molar-refractivity contribution in [2.24, 2.45) is 35.5 Å². The Labute approximate surface area is 177 Å². The lowest BCUT2D eigenvalue weighted by Gasteiger charge is -2.13. The highest BCUT2D eigenvalue weighted by atomic mass is 16.2. The third-order valence-electron chi connectivity index (χ3n) is 8.36. The molecule has 4 fully saturated rings. The molecule has 0 bridgehead atoms. The number of rotatable bonds is 4. The Bertz CT molecular complexity index is 910. The van der Waals surface area contributed by atoms with Gasteiger partial charge in [-0.05, 0) is 61.5 Å². The summed E-state index contributed by atoms with van der Waals surface area (Å²) in [5.74, 6) is 3.16. The Morgan fingerprint density at radius 1 is 0.600 bits per heavy atom. The average molecular weight is 403 g/mol. The van der Waals surface area contributed by atoms with E-state index in [1.807, 2.05) is 36.4 Å². The van der Waals surface area contributed by atoms with Crippen molar-refractivity contribution in [2.75, 3.05) is 10.6 Å². The molecule has 6 rings (SSSR count). The Balaban J connectivity index is 1.21. The van der Waals surface area contributed by atoms with Gasteiger partial charge in [0.15, 0.2) is 0 Å². The van der Waals surface area contributed by atoms with Gasteiger partial charge in [-0.25, -0.2) is 0 Å². The monoisotopic (exact) mass is 402 g/mol. The predicted octanol–water partition coefficient (Wildman–Crippen LogP) is 5.59. The van der Waals surface area contributed by atoms with Crippen LogP contribution in [-0.2, 0) is 9.59 Å². The van der Waals surface area contributed by atoms with Gasteiger partial charge in [0.1, 0.15) is 0 Å². The van der Waals surface area contributed by atoms with Crippen molar-refractivity contribution in [1.29, 1.82) is 0 Å². The lowest BCUT2D eigenvalue weighted by atomic mass is 10.0. The van der Waals surface area contributed by atoms with Gasteiger partial charge in [-0.2, -0.15) is 0 Å². The van der Waals surface area contributed by atoms with Gasteiger partial charge in [0.05, 0.1) is 0 Å². The Morgan fingerprint density at radius 3 is 1.33 bits per heavy atom. The maximum atomic E-state index is 12.9. The number of carbonyl (C=O) groups excluding carboxylic acids is 2. The normalized spacial score (nSPS) is 33.9. The van der Waals surface area contributed by atoms with Crippen molar-refractivity contribution < 1.29 is 9.59 Å². The minimum Gasteiger partial charge on any atom is -0.325 e. The maximum absolute atomic E-state index is 12.9. The van der Waals surface area contributed by atoms with Crippen molar-refractivity contribution in [2.45, 2.75) is 51.4 Å². The van der Waals surface area contributed by atoms with Gasteiger partial charge in [-0.15, -0.1) is 0 Å². The molecule has 2 amide bonds. The highest BCUT2D eigenvalue weighted by Gasteiger charge is 2.55. The molecule has 4 aliphatic carbocycles. The zero-order chi connectivity index (χ0) is 20.2. The minimum absolute atomic E-state index is 0.177. The van der Waals surface area contributed by atoms with Gasteiger partial charge < -0.3 is 10.6 Å². The van der Waals surface area contributed by atoms with E-state index in [4.69, 9.17) is 0 Å². The first-order chi connectivity index (χ1) is 14.7. The molecule has 4 aliphatic rings. The number of carbonyl (C=O) groups is 2. The molecular weight excluding hydrogens is 372 g/mol. The van der Waals surface area contributed by atoms with Gasteiger partial charge in [-0.1, -0.05) is 49.9 Å². The zero-order valence-corrected chi connectivity index (χ0v) is 17.4. The summed E-state index contributed by atoms with van der Waals surface area (Å²) in [6.45, 7) is 0. The summed E-state index contributed by atoms with van der Waals surface area (Å²) in [4.78, 5) is 25.8. The van der Waals surface area contributed by atoms with Gasteiger partial charge in [0.25, 0.3) is 0 Å². The van der Waals surface area contributed by atoms with E-state index in [9.17, 15) is 9.59 Å². The quantitative estimate of drug-likeness (QED) is 0.700. The summed E-state index contributed by atoms with van der Waals surface area (Å²) in [7, 11) is 0. The van der Waals surface area contributed by atoms with Gasteiger partial charge in [0.2, 0.25) is 11.8 Å². The Morgan fingerprint density at radius 2 is 0.967 bits per heavy atom. The van der Waals surface area contributed by atoms with Crippen LogP contribution in [0.25, 0.3) is 10.8 Å². The number of fused-ring (bicyclic) bond motifs is 3. The molecule has 4 saturated carbocycles. The van der Waals surface area contributed by atoms with E-state index in [-0.39, 0.29) is 23.7 Å². The summed E-state index contributed by atoms with van der Waals surface area (Å²) >= 11 is 0. The van der Waals surface area contributed by atoms with Crippen LogP contribution in [0, 0.1) is 35.5 Å². The first-order valence-electron chi connectivity index (χ1n) is 11.9. The molecule has 156 valence electrons. The summed E-state index contributed by atoms with van der Waals surface area (Å²) in [6, 6.07) is 12.0. The molecule has 2 N–H and O–H groups in total. The molecule has 0 radical (unpaired) electrons. The number of amides is 2. The van der Waals surface area contributed by atoms with Crippen LogP contribution in [0.3, 0.4) is 0 Å². The fraction of sp³-hybridized carbons (Fsp3) is 0.538. The van der Waals surface area contributed by atoms with E-state index in [0.717, 1.165) is 22.1 Å². The molecule has 0 saturated heterocycles. The summed E-state index contributed by atoms with van der Waals surface area (Å²) < 4.78 is 0. The second kappa shape index (κ2) is 7.11. The van der Waals surface area contributed by atoms with Crippen molar-refractivity contribution in [3.05, 3.63) is 36.4 Å². The molecule has 2 aromatic rings. The lowest BCUT2D eigenvalue weighted by molar-refractivity contribution is -0.118. The molecular formula is C26H30N2O2. The fourth-order valence-corrected chi connectivity index (χ4v) is 6.72. The van der Waals surface area contributed by atoms with Crippen LogP contribution in [-0.4, -0.2) is 11.8 Å². The van der Waals surface area contributed by atoms with E-state index in [2.05, 4.69) is 10.6 Å². The van der Waals surface area contributed by atoms with Crippen molar-refractivity contribution in [3.63, 3.8) is 0 Å². The van der Waals surface area contributed by atoms with Crippen LogP contribution in [0.2, 0.25) is 0 Å². The molecule has 0 heterocycles. The second-order valence-electron chi connectivity index (χ2n) is 9.96. The van der Waals surface area contributed by atoms with Gasteiger partial charge in [-0.3, -0.25) is 9.59 Å². The lowest BCUT2D eigenvalue weighted by Crippen LogP contribution is -2.17. The van der Waals surface area contributed by atoms with E-state index < -0.39 is 0 Å². The summed E-state index contributed by atoms with van der Waals surface area (Å²) in [5.41, 5.74) is 1.72. The first kappa shape index (κ1) is 18.4. The largest absolute Gasteiger partial charge is 0.325 e. The molecule has 4 nitrogen and oxygen atoms in total. The highest BCUT2D eigenvalue weighted by Crippen LogP contribution is 2.56. The average Bonchev–Trinajstić information content (AvgIpc) is 3.67. The topological polar surface area (TPSA) is 58.2 Å². The number of benzene rings is 2. The van der Waals surface area contributed by atoms with Crippen LogP contribution >= 0.6 is 0 Å². The van der Waals surface area contributed by atoms with Crippen molar-refractivity contribution in [1.82, 2.24) is 0 Å². The van der Waals surface area contributed by atoms with Crippen molar-refractivity contribution in [3.8, 4) is 0 Å². The number of hydrogen-bond acceptors (Lipinski definition) is 2. The van der Waals surface area contributed by atoms with Gasteiger partial charge >= 0.3 is 0 Å². The van der Waals surface area contributed by atoms with E-state index in [1.54, 1.807) is 0 Å². The number of anilines is 2. The smallest absolute Gasteiger partial charge is 0.228 e. The number of nitrogens with one attached hydrogen (secondary N) is 2. The van der Waals surface area contributed by atoms with Crippen LogP contribution in [0.1, 0.15) is 51.4 Å². The summed E-state index contributed by atoms with van der Waals surface area (Å²) in [6.07, 6.45) is 9.90. The molecule has 6 atom stereocenters. The predicted molar refractivity (Wildman–Crippen MR) is 119 cm³/mol. The standard InChI is InChI=1S/C26H30N2O2/c29-25(23-17-7-1-2-8-18(17)23)27-21-13-5-12-16-15(21)11-6-14-22(16)28-26(30)24-19-9-3-4-10-20(19)24/h5-6,11-14,17-20,23-24H,1-4,7-10H2,(H,27,29)(H,28,30)/t17-,18+,19-,20+,23?,24?. The molecule has 0 spiro atoms. The minimum atomic E-state index is 0.177. The zero-order valence-electron chi connectivity index (χ0n) is 17.4. The molecule has 30 heavy (non-hydrogen) atoms. The fourth-order valence-electron chi connectivity index (χ4n) is 6.72. The molecule has 2 aromatic carbocycles.